The van der Waals surface area contributed by atoms with Gasteiger partial charge in [0.15, 0.2) is 0 Å². The van der Waals surface area contributed by atoms with Gasteiger partial charge in [0.1, 0.15) is 5.82 Å². The number of rotatable bonds is 2. The lowest BCUT2D eigenvalue weighted by Crippen LogP contribution is -2.24. The van der Waals surface area contributed by atoms with E-state index >= 15 is 0 Å². The van der Waals surface area contributed by atoms with Gasteiger partial charge in [-0.05, 0) is 60.2 Å². The Morgan fingerprint density at radius 3 is 2.79 bits per heavy atom. The number of aryl methyl sites for hydroxylation is 1. The maximum Gasteiger partial charge on any atom is 0.229 e. The number of nitrogens with zero attached hydrogens (tertiary/aromatic N) is 1. The first-order chi connectivity index (χ1) is 11.5. The quantitative estimate of drug-likeness (QED) is 0.833. The highest BCUT2D eigenvalue weighted by Crippen LogP contribution is 2.64. The third-order valence-corrected chi connectivity index (χ3v) is 6.73. The lowest BCUT2D eigenvalue weighted by Gasteiger charge is -2.23. The number of anilines is 1. The standard InChI is InChI=1S/C19H21BrN2O2/c1-11-7-14-10-21-16(9-13(14)8-15(11)20)22-18(23)17-12(2)19(17)3-5-24-6-4-19/h7-10,12,17H,3-6H2,1-2H3,(H,21,22,23). The molecule has 0 radical (unpaired) electrons. The Kier molecular flexibility index (Phi) is 3.88. The molecule has 1 N–H and O–H groups in total. The van der Waals surface area contributed by atoms with Crippen molar-refractivity contribution in [1.82, 2.24) is 4.98 Å². The lowest BCUT2D eigenvalue weighted by molar-refractivity contribution is -0.118. The van der Waals surface area contributed by atoms with E-state index < -0.39 is 0 Å². The molecule has 1 saturated heterocycles. The molecule has 2 aliphatic rings. The molecule has 2 fully saturated rings. The number of aromatic nitrogens is 1. The van der Waals surface area contributed by atoms with Crippen LogP contribution in [-0.4, -0.2) is 24.1 Å². The molecule has 5 heteroatoms. The van der Waals surface area contributed by atoms with Crippen molar-refractivity contribution in [3.05, 3.63) is 34.4 Å². The van der Waals surface area contributed by atoms with Crippen LogP contribution >= 0.6 is 15.9 Å². The molecular weight excluding hydrogens is 368 g/mol. The Morgan fingerprint density at radius 2 is 2.04 bits per heavy atom. The number of halogens is 1. The van der Waals surface area contributed by atoms with E-state index in [9.17, 15) is 4.79 Å². The molecule has 1 spiro atoms. The number of carbonyl (C=O) groups is 1. The van der Waals surface area contributed by atoms with E-state index in [0.717, 1.165) is 41.3 Å². The van der Waals surface area contributed by atoms with Crippen LogP contribution < -0.4 is 5.32 Å². The molecule has 1 aromatic carbocycles. The van der Waals surface area contributed by atoms with Crippen molar-refractivity contribution >= 4 is 38.4 Å². The van der Waals surface area contributed by atoms with Crippen LogP contribution in [0.25, 0.3) is 10.8 Å². The van der Waals surface area contributed by atoms with E-state index in [0.29, 0.717) is 11.7 Å². The number of ether oxygens (including phenoxy) is 1. The van der Waals surface area contributed by atoms with Crippen LogP contribution in [0.15, 0.2) is 28.9 Å². The van der Waals surface area contributed by atoms with Gasteiger partial charge >= 0.3 is 0 Å². The number of pyridine rings is 1. The van der Waals surface area contributed by atoms with Crippen molar-refractivity contribution < 1.29 is 9.53 Å². The van der Waals surface area contributed by atoms with Gasteiger partial charge in [-0.1, -0.05) is 22.9 Å². The third kappa shape index (κ3) is 2.54. The number of carbonyl (C=O) groups excluding carboxylic acids is 1. The predicted molar refractivity (Wildman–Crippen MR) is 97.9 cm³/mol. The van der Waals surface area contributed by atoms with Gasteiger partial charge in [-0.25, -0.2) is 4.98 Å². The van der Waals surface area contributed by atoms with Crippen LogP contribution in [0.1, 0.15) is 25.3 Å². The minimum atomic E-state index is 0.0867. The SMILES string of the molecule is Cc1cc2cnc(NC(=O)C3C(C)C34CCOCC4)cc2cc1Br. The van der Waals surface area contributed by atoms with Gasteiger partial charge in [0.25, 0.3) is 0 Å². The average Bonchev–Trinajstić information content (AvgIpc) is 3.12. The number of hydrogen-bond acceptors (Lipinski definition) is 3. The van der Waals surface area contributed by atoms with Crippen LogP contribution in [0.4, 0.5) is 5.82 Å². The van der Waals surface area contributed by atoms with Crippen molar-refractivity contribution in [2.75, 3.05) is 18.5 Å². The van der Waals surface area contributed by atoms with Crippen molar-refractivity contribution in [3.63, 3.8) is 0 Å². The van der Waals surface area contributed by atoms with Crippen molar-refractivity contribution in [2.24, 2.45) is 17.3 Å². The number of hydrogen-bond donors (Lipinski definition) is 1. The number of nitrogens with one attached hydrogen (secondary N) is 1. The summed E-state index contributed by atoms with van der Waals surface area (Å²) in [6, 6.07) is 6.11. The van der Waals surface area contributed by atoms with Crippen molar-refractivity contribution in [1.29, 1.82) is 0 Å². The van der Waals surface area contributed by atoms with E-state index in [1.54, 1.807) is 0 Å². The monoisotopic (exact) mass is 388 g/mol. The van der Waals surface area contributed by atoms with Crippen LogP contribution in [-0.2, 0) is 9.53 Å². The normalized spacial score (nSPS) is 25.0. The van der Waals surface area contributed by atoms with Crippen molar-refractivity contribution in [2.45, 2.75) is 26.7 Å². The number of fused-ring (bicyclic) bond motifs is 1. The van der Waals surface area contributed by atoms with Crippen LogP contribution in [0, 0.1) is 24.2 Å². The summed E-state index contributed by atoms with van der Waals surface area (Å²) in [6.45, 7) is 5.79. The van der Waals surface area contributed by atoms with Gasteiger partial charge in [0.2, 0.25) is 5.91 Å². The molecule has 24 heavy (non-hydrogen) atoms. The number of amides is 1. The second-order valence-corrected chi connectivity index (χ2v) is 7.97. The smallest absolute Gasteiger partial charge is 0.229 e. The second-order valence-electron chi connectivity index (χ2n) is 7.12. The second kappa shape index (κ2) is 5.81. The molecule has 2 aromatic rings. The zero-order valence-corrected chi connectivity index (χ0v) is 15.5. The predicted octanol–water partition coefficient (Wildman–Crippen LogP) is 4.31. The number of benzene rings is 1. The lowest BCUT2D eigenvalue weighted by atomic mass is 9.92. The molecule has 1 aromatic heterocycles. The fourth-order valence-electron chi connectivity index (χ4n) is 4.26. The molecule has 126 valence electrons. The van der Waals surface area contributed by atoms with Crippen LogP contribution in [0.5, 0.6) is 0 Å². The first kappa shape index (κ1) is 16.0. The van der Waals surface area contributed by atoms with E-state index in [2.05, 4.69) is 52.2 Å². The van der Waals surface area contributed by atoms with Gasteiger partial charge in [-0.2, -0.15) is 0 Å². The fraction of sp³-hybridized carbons (Fsp3) is 0.474. The molecule has 1 saturated carbocycles. The molecule has 1 aliphatic heterocycles. The molecule has 2 unspecified atom stereocenters. The van der Waals surface area contributed by atoms with E-state index in [1.165, 1.54) is 5.56 Å². The molecule has 1 aliphatic carbocycles. The zero-order chi connectivity index (χ0) is 16.9. The van der Waals surface area contributed by atoms with Gasteiger partial charge < -0.3 is 10.1 Å². The molecule has 1 amide bonds. The first-order valence-electron chi connectivity index (χ1n) is 8.46. The van der Waals surface area contributed by atoms with Crippen LogP contribution in [0.3, 0.4) is 0 Å². The molecule has 2 atom stereocenters. The zero-order valence-electron chi connectivity index (χ0n) is 13.9. The summed E-state index contributed by atoms with van der Waals surface area (Å²) in [5.74, 6) is 1.24. The molecule has 4 nitrogen and oxygen atoms in total. The van der Waals surface area contributed by atoms with E-state index in [4.69, 9.17) is 4.74 Å². The minimum absolute atomic E-state index is 0.0867. The summed E-state index contributed by atoms with van der Waals surface area (Å²) >= 11 is 3.56. The van der Waals surface area contributed by atoms with Gasteiger partial charge in [-0.15, -0.1) is 0 Å². The summed E-state index contributed by atoms with van der Waals surface area (Å²) < 4.78 is 6.53. The van der Waals surface area contributed by atoms with Crippen molar-refractivity contribution in [3.8, 4) is 0 Å². The third-order valence-electron chi connectivity index (χ3n) is 5.87. The summed E-state index contributed by atoms with van der Waals surface area (Å²) in [4.78, 5) is 17.1. The highest BCUT2D eigenvalue weighted by molar-refractivity contribution is 9.10. The highest BCUT2D eigenvalue weighted by atomic mass is 79.9. The Morgan fingerprint density at radius 1 is 1.29 bits per heavy atom. The average molecular weight is 389 g/mol. The summed E-state index contributed by atoms with van der Waals surface area (Å²) in [5, 5.41) is 5.18. The Labute approximate surface area is 150 Å². The fourth-order valence-corrected chi connectivity index (χ4v) is 4.62. The van der Waals surface area contributed by atoms with Crippen LogP contribution in [0.2, 0.25) is 0 Å². The highest BCUT2D eigenvalue weighted by Gasteiger charge is 2.65. The summed E-state index contributed by atoms with van der Waals surface area (Å²) in [5.41, 5.74) is 1.33. The van der Waals surface area contributed by atoms with Gasteiger partial charge in [-0.3, -0.25) is 4.79 Å². The largest absolute Gasteiger partial charge is 0.381 e. The summed E-state index contributed by atoms with van der Waals surface area (Å²) in [7, 11) is 0. The van der Waals surface area contributed by atoms with E-state index in [-0.39, 0.29) is 17.2 Å². The topological polar surface area (TPSA) is 51.2 Å². The summed E-state index contributed by atoms with van der Waals surface area (Å²) in [6.07, 6.45) is 3.80. The molecular formula is C19H21BrN2O2. The molecule has 0 bridgehead atoms. The maximum atomic E-state index is 12.7. The Hall–Kier alpha value is -1.46. The van der Waals surface area contributed by atoms with E-state index in [1.807, 2.05) is 12.3 Å². The molecule has 4 rings (SSSR count). The minimum Gasteiger partial charge on any atom is -0.381 e. The first-order valence-corrected chi connectivity index (χ1v) is 9.25. The van der Waals surface area contributed by atoms with Gasteiger partial charge in [0, 0.05) is 35.2 Å². The maximum absolute atomic E-state index is 12.7. The van der Waals surface area contributed by atoms with Gasteiger partial charge in [0.05, 0.1) is 0 Å². The Balaban J connectivity index is 1.54. The molecule has 2 heterocycles. The Bertz CT molecular complexity index is 814.